The van der Waals surface area contributed by atoms with Gasteiger partial charge in [0.15, 0.2) is 0 Å². The molecule has 0 atom stereocenters. The Morgan fingerprint density at radius 1 is 0.214 bits per heavy atom. The minimum absolute atomic E-state index is 1.16. The zero-order valence-electron chi connectivity index (χ0n) is 35.4. The third kappa shape index (κ3) is 6.55. The Labute approximate surface area is 345 Å². The molecule has 56 heavy (non-hydrogen) atoms. The molecule has 0 spiro atoms. The van der Waals surface area contributed by atoms with Crippen LogP contribution in [0.15, 0.2) is 121 Å². The highest BCUT2D eigenvalue weighted by Crippen LogP contribution is 2.33. The summed E-state index contributed by atoms with van der Waals surface area (Å²) in [7, 11) is 28.0. The van der Waals surface area contributed by atoms with Gasteiger partial charge in [-0.15, -0.1) is 0 Å². The van der Waals surface area contributed by atoms with E-state index in [-0.39, 0.29) is 0 Å². The second-order valence-corrected chi connectivity index (χ2v) is 15.7. The molecule has 258 valence electrons. The summed E-state index contributed by atoms with van der Waals surface area (Å²) in [6.45, 7) is 0. The Balaban J connectivity index is 1.43. The van der Waals surface area contributed by atoms with Crippen LogP contribution >= 0.6 is 0 Å². The first-order valence-corrected chi connectivity index (χ1v) is 20.0. The molecule has 7 aromatic carbocycles. The number of benzene rings is 7. The average Bonchev–Trinajstić information content (AvgIpc) is 3.22. The average molecular weight is 707 g/mol. The number of hydrogen-bond donors (Lipinski definition) is 0. The predicted octanol–water partition coefficient (Wildman–Crippen LogP) is -8.94. The van der Waals surface area contributed by atoms with Gasteiger partial charge in [-0.3, -0.25) is 0 Å². The van der Waals surface area contributed by atoms with Gasteiger partial charge in [-0.25, -0.2) is 0 Å². The lowest BCUT2D eigenvalue weighted by molar-refractivity contribution is 1.31. The van der Waals surface area contributed by atoms with E-state index in [1.807, 2.05) is 0 Å². The number of hydrogen-bond acceptors (Lipinski definition) is 2. The summed E-state index contributed by atoms with van der Waals surface area (Å²) in [5.41, 5.74) is 28.7. The maximum Gasteiger partial charge on any atom is 0.141 e. The standard InChI is InChI=1S/C42H44B12N2/c43-29-25(27-33(47)37(51)41(38(52)34(27)48)55(21-13-5-1-6-14-21)22-15-7-2-8-16-22)30(44)32(46)26(31(29)45)28-35(49)39(53)42(40(54)36(28)50)56(23-17-9-3-10-18-23)24-19-11-4-12-20-24/h1-20H,43-54H2. The van der Waals surface area contributed by atoms with Gasteiger partial charge >= 0.3 is 0 Å². The van der Waals surface area contributed by atoms with Crippen LogP contribution in [0.25, 0.3) is 22.3 Å². The molecule has 0 fully saturated rings. The summed E-state index contributed by atoms with van der Waals surface area (Å²) < 4.78 is 0. The van der Waals surface area contributed by atoms with E-state index in [2.05, 4.69) is 225 Å². The van der Waals surface area contributed by atoms with Crippen molar-refractivity contribution >= 4 is 194 Å². The Morgan fingerprint density at radius 2 is 0.375 bits per heavy atom. The van der Waals surface area contributed by atoms with Crippen molar-refractivity contribution in [1.29, 1.82) is 0 Å². The summed E-state index contributed by atoms with van der Waals surface area (Å²) in [5, 5.41) is 0. The van der Waals surface area contributed by atoms with Gasteiger partial charge < -0.3 is 9.80 Å². The zero-order valence-corrected chi connectivity index (χ0v) is 35.4. The van der Waals surface area contributed by atoms with Crippen molar-refractivity contribution in [2.75, 3.05) is 9.80 Å². The molecule has 0 saturated carbocycles. The Bertz CT molecular complexity index is 2260. The topological polar surface area (TPSA) is 6.48 Å². The van der Waals surface area contributed by atoms with Gasteiger partial charge in [0.2, 0.25) is 0 Å². The van der Waals surface area contributed by atoms with Gasteiger partial charge in [0, 0.05) is 34.1 Å². The van der Waals surface area contributed by atoms with Crippen molar-refractivity contribution in [2.24, 2.45) is 0 Å². The van der Waals surface area contributed by atoms with Gasteiger partial charge in [-0.05, 0) is 70.8 Å². The van der Waals surface area contributed by atoms with Crippen molar-refractivity contribution < 1.29 is 0 Å². The molecule has 0 amide bonds. The zero-order chi connectivity index (χ0) is 40.0. The summed E-state index contributed by atoms with van der Waals surface area (Å²) in [6, 6.07) is 43.1. The summed E-state index contributed by atoms with van der Waals surface area (Å²) >= 11 is 0. The molecule has 0 aliphatic carbocycles. The smallest absolute Gasteiger partial charge is 0.141 e. The van der Waals surface area contributed by atoms with E-state index in [1.54, 1.807) is 0 Å². The first-order valence-electron chi connectivity index (χ1n) is 20.0. The molecular formula is C42H44B12N2. The molecule has 0 aliphatic rings. The van der Waals surface area contributed by atoms with Gasteiger partial charge in [0.05, 0.1) is 0 Å². The molecule has 7 rings (SSSR count). The van der Waals surface area contributed by atoms with E-state index < -0.39 is 0 Å². The molecule has 0 radical (unpaired) electrons. The van der Waals surface area contributed by atoms with Crippen LogP contribution < -0.4 is 75.4 Å². The Hall–Kier alpha value is -5.08. The van der Waals surface area contributed by atoms with E-state index >= 15 is 0 Å². The SMILES string of the molecule is Bc1c(B)c(-c2c(B)c(B)c(N(c3ccccc3)c3ccccc3)c(B)c2B)c(B)c(B)c1-c1c(B)c(B)c(N(c2ccccc2)c2ccccc2)c(B)c1B. The summed E-state index contributed by atoms with van der Waals surface area (Å²) in [5.74, 6) is 0. The molecule has 14 heteroatoms. The number of nitrogens with zero attached hydrogens (tertiary/aromatic N) is 2. The van der Waals surface area contributed by atoms with E-state index in [1.165, 1.54) is 99.2 Å². The van der Waals surface area contributed by atoms with Crippen molar-refractivity contribution in [2.45, 2.75) is 0 Å². The van der Waals surface area contributed by atoms with Gasteiger partial charge in [0.25, 0.3) is 0 Å². The maximum atomic E-state index is 2.43. The quantitative estimate of drug-likeness (QED) is 0.145. The van der Waals surface area contributed by atoms with Crippen LogP contribution in [0.4, 0.5) is 34.1 Å². The van der Waals surface area contributed by atoms with Crippen molar-refractivity contribution in [3.8, 4) is 22.3 Å². The van der Waals surface area contributed by atoms with Crippen LogP contribution in [0.5, 0.6) is 0 Å². The summed E-state index contributed by atoms with van der Waals surface area (Å²) in [4.78, 5) is 4.87. The van der Waals surface area contributed by atoms with Crippen LogP contribution in [-0.2, 0) is 0 Å². The van der Waals surface area contributed by atoms with E-state index in [4.69, 9.17) is 0 Å². The lowest BCUT2D eigenvalue weighted by Crippen LogP contribution is -2.53. The molecule has 0 saturated heterocycles. The van der Waals surface area contributed by atoms with E-state index in [0.29, 0.717) is 0 Å². The molecule has 0 bridgehead atoms. The predicted molar refractivity (Wildman–Crippen MR) is 285 cm³/mol. The van der Waals surface area contributed by atoms with Gasteiger partial charge in [-0.1, -0.05) is 138 Å². The first kappa shape index (κ1) is 39.2. The van der Waals surface area contributed by atoms with Crippen molar-refractivity contribution in [3.63, 3.8) is 0 Å². The fourth-order valence-corrected chi connectivity index (χ4v) is 9.19. The van der Waals surface area contributed by atoms with Gasteiger partial charge in [-0.2, -0.15) is 0 Å². The third-order valence-electron chi connectivity index (χ3n) is 12.8. The number of para-hydroxylation sites is 4. The second kappa shape index (κ2) is 15.8. The third-order valence-corrected chi connectivity index (χ3v) is 12.8. The highest BCUT2D eigenvalue weighted by molar-refractivity contribution is 6.69. The molecule has 0 unspecified atom stereocenters. The Kier molecular flexibility index (Phi) is 11.1. The van der Waals surface area contributed by atoms with Crippen LogP contribution in [0.2, 0.25) is 0 Å². The molecule has 0 aliphatic heterocycles. The monoisotopic (exact) mass is 708 g/mol. The normalized spacial score (nSPS) is 11.0. The molecule has 7 aromatic rings. The van der Waals surface area contributed by atoms with E-state index in [0.717, 1.165) is 22.7 Å². The largest absolute Gasteiger partial charge is 0.312 e. The minimum Gasteiger partial charge on any atom is -0.312 e. The lowest BCUT2D eigenvalue weighted by atomic mass is 9.56. The van der Waals surface area contributed by atoms with E-state index in [9.17, 15) is 0 Å². The molecule has 0 heterocycles. The molecule has 0 N–H and O–H groups in total. The molecular weight excluding hydrogens is 662 g/mol. The highest BCUT2D eigenvalue weighted by atomic mass is 15.1. The number of anilines is 6. The van der Waals surface area contributed by atoms with Crippen LogP contribution in [0.1, 0.15) is 0 Å². The van der Waals surface area contributed by atoms with Crippen LogP contribution in [0, 0.1) is 0 Å². The van der Waals surface area contributed by atoms with Crippen LogP contribution in [0.3, 0.4) is 0 Å². The first-order chi connectivity index (χ1) is 26.9. The summed E-state index contributed by atoms with van der Waals surface area (Å²) in [6.07, 6.45) is 0. The minimum atomic E-state index is 1.16. The maximum absolute atomic E-state index is 2.43. The molecule has 0 aromatic heterocycles. The highest BCUT2D eigenvalue weighted by Gasteiger charge is 2.27. The van der Waals surface area contributed by atoms with Crippen molar-refractivity contribution in [1.82, 2.24) is 0 Å². The van der Waals surface area contributed by atoms with Crippen LogP contribution in [-0.4, -0.2) is 94.2 Å². The van der Waals surface area contributed by atoms with Crippen molar-refractivity contribution in [3.05, 3.63) is 121 Å². The van der Waals surface area contributed by atoms with Gasteiger partial charge in [0.1, 0.15) is 94.2 Å². The second-order valence-electron chi connectivity index (χ2n) is 15.7. The Morgan fingerprint density at radius 3 is 0.554 bits per heavy atom. The molecule has 2 nitrogen and oxygen atoms in total. The number of rotatable bonds is 8. The lowest BCUT2D eigenvalue weighted by Gasteiger charge is -2.34. The fraction of sp³-hybridized carbons (Fsp3) is 0. The fourth-order valence-electron chi connectivity index (χ4n) is 9.19.